The fourth-order valence-electron chi connectivity index (χ4n) is 2.94. The zero-order chi connectivity index (χ0) is 13.1. The van der Waals surface area contributed by atoms with E-state index in [1.54, 1.807) is 0 Å². The van der Waals surface area contributed by atoms with Crippen molar-refractivity contribution in [2.75, 3.05) is 19.6 Å². The monoisotopic (exact) mass is 289 g/mol. The first-order valence-electron chi connectivity index (χ1n) is 6.87. The molecule has 0 saturated carbocycles. The first-order valence-corrected chi connectivity index (χ1v) is 6.87. The summed E-state index contributed by atoms with van der Waals surface area (Å²) in [7, 11) is 0. The van der Waals surface area contributed by atoms with Crippen LogP contribution in [0.2, 0.25) is 0 Å². The third kappa shape index (κ3) is 4.08. The molecule has 3 atom stereocenters. The number of rotatable bonds is 3. The molecule has 2 fully saturated rings. The Morgan fingerprint density at radius 3 is 2.63 bits per heavy atom. The van der Waals surface area contributed by atoms with Gasteiger partial charge in [-0.3, -0.25) is 9.59 Å². The van der Waals surface area contributed by atoms with Crippen molar-refractivity contribution in [1.82, 2.24) is 10.2 Å². The van der Waals surface area contributed by atoms with Crippen LogP contribution in [0.3, 0.4) is 0 Å². The molecular weight excluding hydrogens is 266 g/mol. The van der Waals surface area contributed by atoms with Gasteiger partial charge in [0.2, 0.25) is 11.8 Å². The first kappa shape index (κ1) is 16.2. The molecule has 2 aliphatic rings. The standard InChI is InChI=1S/C13H23N3O2.ClH/c1-9-2-3-11(13(14)18)8-16(9)12(17)6-10-4-5-15-7-10;/h9-11,15H,2-8H2,1H3,(H2,14,18);1H. The van der Waals surface area contributed by atoms with E-state index in [1.165, 1.54) is 0 Å². The van der Waals surface area contributed by atoms with Crippen molar-refractivity contribution in [2.45, 2.75) is 38.6 Å². The summed E-state index contributed by atoms with van der Waals surface area (Å²) >= 11 is 0. The van der Waals surface area contributed by atoms with Gasteiger partial charge < -0.3 is 16.0 Å². The third-order valence-corrected chi connectivity index (χ3v) is 4.23. The molecule has 0 aromatic carbocycles. The Morgan fingerprint density at radius 1 is 1.32 bits per heavy atom. The molecule has 0 spiro atoms. The van der Waals surface area contributed by atoms with E-state index in [1.807, 2.05) is 4.90 Å². The molecule has 2 aliphatic heterocycles. The lowest BCUT2D eigenvalue weighted by Crippen LogP contribution is -2.49. The summed E-state index contributed by atoms with van der Waals surface area (Å²) < 4.78 is 0. The minimum absolute atomic E-state index is 0. The molecule has 2 saturated heterocycles. The Labute approximate surface area is 120 Å². The van der Waals surface area contributed by atoms with Gasteiger partial charge in [-0.15, -0.1) is 12.4 Å². The number of nitrogens with zero attached hydrogens (tertiary/aromatic N) is 1. The molecule has 6 heteroatoms. The van der Waals surface area contributed by atoms with Gasteiger partial charge in [-0.1, -0.05) is 0 Å². The number of piperidine rings is 1. The van der Waals surface area contributed by atoms with Crippen LogP contribution in [0.15, 0.2) is 0 Å². The second kappa shape index (κ2) is 7.10. The maximum Gasteiger partial charge on any atom is 0.223 e. The fourth-order valence-corrected chi connectivity index (χ4v) is 2.94. The molecule has 19 heavy (non-hydrogen) atoms. The van der Waals surface area contributed by atoms with Gasteiger partial charge in [0.25, 0.3) is 0 Å². The van der Waals surface area contributed by atoms with E-state index >= 15 is 0 Å². The number of likely N-dealkylation sites (tertiary alicyclic amines) is 1. The molecule has 0 bridgehead atoms. The minimum Gasteiger partial charge on any atom is -0.369 e. The highest BCUT2D eigenvalue weighted by molar-refractivity contribution is 5.85. The van der Waals surface area contributed by atoms with E-state index in [-0.39, 0.29) is 36.2 Å². The van der Waals surface area contributed by atoms with Gasteiger partial charge >= 0.3 is 0 Å². The predicted octanol–water partition coefficient (Wildman–Crippen LogP) is 0.520. The summed E-state index contributed by atoms with van der Waals surface area (Å²) in [5.41, 5.74) is 5.35. The van der Waals surface area contributed by atoms with Crippen LogP contribution in [0, 0.1) is 11.8 Å². The molecule has 0 radical (unpaired) electrons. The van der Waals surface area contributed by atoms with E-state index in [0.29, 0.717) is 18.9 Å². The highest BCUT2D eigenvalue weighted by Gasteiger charge is 2.32. The minimum atomic E-state index is -0.276. The molecule has 3 unspecified atom stereocenters. The van der Waals surface area contributed by atoms with Crippen molar-refractivity contribution >= 4 is 24.2 Å². The second-order valence-electron chi connectivity index (χ2n) is 5.63. The summed E-state index contributed by atoms with van der Waals surface area (Å²) in [6.07, 6.45) is 3.36. The SMILES string of the molecule is CC1CCC(C(N)=O)CN1C(=O)CC1CCNC1.Cl. The summed E-state index contributed by atoms with van der Waals surface area (Å²) in [5.74, 6) is 0.204. The Hall–Kier alpha value is -0.810. The van der Waals surface area contributed by atoms with E-state index < -0.39 is 0 Å². The number of amides is 2. The van der Waals surface area contributed by atoms with Crippen LogP contribution in [-0.4, -0.2) is 42.4 Å². The van der Waals surface area contributed by atoms with E-state index in [9.17, 15) is 9.59 Å². The van der Waals surface area contributed by atoms with Gasteiger partial charge in [-0.2, -0.15) is 0 Å². The maximum atomic E-state index is 12.3. The van der Waals surface area contributed by atoms with E-state index in [0.717, 1.165) is 32.4 Å². The van der Waals surface area contributed by atoms with E-state index in [4.69, 9.17) is 5.73 Å². The molecule has 0 aromatic heterocycles. The highest BCUT2D eigenvalue weighted by Crippen LogP contribution is 2.24. The first-order chi connectivity index (χ1) is 8.58. The number of hydrogen-bond acceptors (Lipinski definition) is 3. The average Bonchev–Trinajstić information content (AvgIpc) is 2.81. The van der Waals surface area contributed by atoms with Crippen LogP contribution in [0.25, 0.3) is 0 Å². The molecule has 2 amide bonds. The normalized spacial score (nSPS) is 30.8. The Morgan fingerprint density at radius 2 is 2.05 bits per heavy atom. The highest BCUT2D eigenvalue weighted by atomic mass is 35.5. The van der Waals surface area contributed by atoms with Crippen LogP contribution >= 0.6 is 12.4 Å². The van der Waals surface area contributed by atoms with Crippen molar-refractivity contribution in [3.05, 3.63) is 0 Å². The van der Waals surface area contributed by atoms with Crippen molar-refractivity contribution in [3.8, 4) is 0 Å². The Balaban J connectivity index is 0.00000180. The lowest BCUT2D eigenvalue weighted by atomic mass is 9.92. The lowest BCUT2D eigenvalue weighted by Gasteiger charge is -2.37. The zero-order valence-electron chi connectivity index (χ0n) is 11.4. The van der Waals surface area contributed by atoms with Gasteiger partial charge in [0.05, 0.1) is 5.92 Å². The van der Waals surface area contributed by atoms with Gasteiger partial charge in [0.1, 0.15) is 0 Å². The number of halogens is 1. The van der Waals surface area contributed by atoms with Crippen LogP contribution in [0.4, 0.5) is 0 Å². The molecule has 0 aromatic rings. The average molecular weight is 290 g/mol. The van der Waals surface area contributed by atoms with Crippen molar-refractivity contribution in [2.24, 2.45) is 17.6 Å². The lowest BCUT2D eigenvalue weighted by molar-refractivity contribution is -0.138. The van der Waals surface area contributed by atoms with Gasteiger partial charge in [-0.25, -0.2) is 0 Å². The van der Waals surface area contributed by atoms with Crippen molar-refractivity contribution in [3.63, 3.8) is 0 Å². The molecule has 2 heterocycles. The molecule has 110 valence electrons. The summed E-state index contributed by atoms with van der Waals surface area (Å²) in [6.45, 7) is 4.52. The summed E-state index contributed by atoms with van der Waals surface area (Å²) in [6, 6.07) is 0.238. The number of hydrogen-bond donors (Lipinski definition) is 2. The smallest absolute Gasteiger partial charge is 0.223 e. The number of carbonyl (C=O) groups is 2. The molecule has 2 rings (SSSR count). The molecule has 3 N–H and O–H groups in total. The maximum absolute atomic E-state index is 12.3. The van der Waals surface area contributed by atoms with E-state index in [2.05, 4.69) is 12.2 Å². The van der Waals surface area contributed by atoms with Crippen LogP contribution in [0.1, 0.15) is 32.6 Å². The quantitative estimate of drug-likeness (QED) is 0.795. The summed E-state index contributed by atoms with van der Waals surface area (Å²) in [4.78, 5) is 25.4. The van der Waals surface area contributed by atoms with Crippen LogP contribution in [0.5, 0.6) is 0 Å². The van der Waals surface area contributed by atoms with Crippen LogP contribution in [-0.2, 0) is 9.59 Å². The van der Waals surface area contributed by atoms with Gasteiger partial charge in [0.15, 0.2) is 0 Å². The Kier molecular flexibility index (Phi) is 6.07. The molecular formula is C13H24ClN3O2. The number of nitrogens with one attached hydrogen (secondary N) is 1. The third-order valence-electron chi connectivity index (χ3n) is 4.23. The number of primary amides is 1. The van der Waals surface area contributed by atoms with Gasteiger partial charge in [0, 0.05) is 19.0 Å². The topological polar surface area (TPSA) is 75.4 Å². The second-order valence-corrected chi connectivity index (χ2v) is 5.63. The number of nitrogens with two attached hydrogens (primary N) is 1. The van der Waals surface area contributed by atoms with Crippen molar-refractivity contribution in [1.29, 1.82) is 0 Å². The molecule has 0 aliphatic carbocycles. The zero-order valence-corrected chi connectivity index (χ0v) is 12.2. The van der Waals surface area contributed by atoms with Crippen LogP contribution < -0.4 is 11.1 Å². The number of carbonyl (C=O) groups excluding carboxylic acids is 2. The Bertz CT molecular complexity index is 332. The fraction of sp³-hybridized carbons (Fsp3) is 0.846. The van der Waals surface area contributed by atoms with Gasteiger partial charge in [-0.05, 0) is 45.2 Å². The van der Waals surface area contributed by atoms with Crippen molar-refractivity contribution < 1.29 is 9.59 Å². The predicted molar refractivity (Wildman–Crippen MR) is 75.9 cm³/mol. The largest absolute Gasteiger partial charge is 0.369 e. The summed E-state index contributed by atoms with van der Waals surface area (Å²) in [5, 5.41) is 3.27. The molecule has 5 nitrogen and oxygen atoms in total.